The maximum atomic E-state index is 12.6. The maximum Gasteiger partial charge on any atom is 0.326 e. The number of aliphatic carboxylic acids is 2. The van der Waals surface area contributed by atoms with Gasteiger partial charge >= 0.3 is 11.9 Å². The van der Waals surface area contributed by atoms with Crippen LogP contribution < -0.4 is 16.4 Å². The molecule has 1 aliphatic heterocycles. The van der Waals surface area contributed by atoms with E-state index < -0.39 is 66.9 Å². The second kappa shape index (κ2) is 11.5. The predicted octanol–water partition coefficient (Wildman–Crippen LogP) is -2.13. The van der Waals surface area contributed by atoms with Crippen LogP contribution in [0.5, 0.6) is 0 Å². The van der Waals surface area contributed by atoms with Gasteiger partial charge in [-0.3, -0.25) is 19.2 Å². The first kappa shape index (κ1) is 25.3. The zero-order chi connectivity index (χ0) is 23.0. The van der Waals surface area contributed by atoms with E-state index in [2.05, 4.69) is 10.6 Å². The fourth-order valence-corrected chi connectivity index (χ4v) is 3.05. The molecule has 12 heteroatoms. The molecule has 0 aliphatic carbocycles. The maximum absolute atomic E-state index is 12.6. The number of carboxylic acids is 2. The highest BCUT2D eigenvalue weighted by molar-refractivity contribution is 5.94. The molecule has 1 saturated heterocycles. The van der Waals surface area contributed by atoms with Gasteiger partial charge in [-0.05, 0) is 25.2 Å². The molecule has 30 heavy (non-hydrogen) atoms. The molecular formula is C18H30N4O8. The normalized spacial score (nSPS) is 19.1. The second-order valence-corrected chi connectivity index (χ2v) is 7.54. The number of amides is 3. The Balaban J connectivity index is 2.90. The molecule has 1 heterocycles. The molecule has 0 aromatic rings. The highest BCUT2D eigenvalue weighted by Gasteiger charge is 2.38. The van der Waals surface area contributed by atoms with Crippen molar-refractivity contribution in [2.45, 2.75) is 63.7 Å². The molecule has 1 fully saturated rings. The van der Waals surface area contributed by atoms with Crippen molar-refractivity contribution in [3.63, 3.8) is 0 Å². The summed E-state index contributed by atoms with van der Waals surface area (Å²) in [7, 11) is 0. The minimum Gasteiger partial charge on any atom is -0.481 e. The Labute approximate surface area is 173 Å². The fraction of sp³-hybridized carbons (Fsp3) is 0.722. The zero-order valence-corrected chi connectivity index (χ0v) is 17.0. The first-order chi connectivity index (χ1) is 14.0. The smallest absolute Gasteiger partial charge is 0.326 e. The number of aliphatic hydroxyl groups is 1. The summed E-state index contributed by atoms with van der Waals surface area (Å²) in [6.45, 7) is 2.78. The third-order valence-electron chi connectivity index (χ3n) is 4.92. The first-order valence-electron chi connectivity index (χ1n) is 9.71. The predicted molar refractivity (Wildman–Crippen MR) is 103 cm³/mol. The summed E-state index contributed by atoms with van der Waals surface area (Å²) in [4.78, 5) is 60.7. The number of carbonyl (C=O) groups excluding carboxylic acids is 3. The van der Waals surface area contributed by atoms with Crippen LogP contribution in [-0.4, -0.2) is 87.2 Å². The Hall–Kier alpha value is -2.73. The number of likely N-dealkylation sites (tertiary alicyclic amines) is 1. The van der Waals surface area contributed by atoms with Gasteiger partial charge in [0.15, 0.2) is 0 Å². The highest BCUT2D eigenvalue weighted by atomic mass is 16.4. The number of nitrogens with two attached hydrogens (primary N) is 1. The molecule has 0 spiro atoms. The number of aliphatic hydroxyl groups excluding tert-OH is 1. The van der Waals surface area contributed by atoms with Gasteiger partial charge in [0.1, 0.15) is 18.1 Å². The number of hydrogen-bond acceptors (Lipinski definition) is 7. The Morgan fingerprint density at radius 2 is 1.67 bits per heavy atom. The molecule has 0 saturated carbocycles. The van der Waals surface area contributed by atoms with Crippen LogP contribution in [0.4, 0.5) is 0 Å². The van der Waals surface area contributed by atoms with Gasteiger partial charge in [-0.15, -0.1) is 0 Å². The molecule has 4 unspecified atom stereocenters. The van der Waals surface area contributed by atoms with Gasteiger partial charge in [-0.2, -0.15) is 0 Å². The Morgan fingerprint density at radius 1 is 1.07 bits per heavy atom. The summed E-state index contributed by atoms with van der Waals surface area (Å²) in [5.74, 6) is -4.91. The number of nitrogens with zero attached hydrogens (tertiary/aromatic N) is 1. The monoisotopic (exact) mass is 430 g/mol. The van der Waals surface area contributed by atoms with Gasteiger partial charge in [0, 0.05) is 13.0 Å². The standard InChI is InChI=1S/C18H30N4O8/c1-9(2)14(19)16(27)20-10(5-6-13(24)25)15(26)21-11(8-23)17(28)22-7-3-4-12(22)18(29)30/h9-12,14,23H,3-8,19H2,1-2H3,(H,20,27)(H,21,26)(H,24,25)(H,29,30). The van der Waals surface area contributed by atoms with Gasteiger partial charge in [-0.1, -0.05) is 13.8 Å². The lowest BCUT2D eigenvalue weighted by Crippen LogP contribution is -2.58. The van der Waals surface area contributed by atoms with Crippen molar-refractivity contribution >= 4 is 29.7 Å². The Kier molecular flexibility index (Phi) is 9.66. The lowest BCUT2D eigenvalue weighted by molar-refractivity contribution is -0.150. The molecule has 0 aromatic carbocycles. The Bertz CT molecular complexity index is 669. The average Bonchev–Trinajstić information content (AvgIpc) is 3.17. The summed E-state index contributed by atoms with van der Waals surface area (Å²) in [5.41, 5.74) is 5.75. The zero-order valence-electron chi connectivity index (χ0n) is 17.0. The van der Waals surface area contributed by atoms with Crippen LogP contribution in [-0.2, 0) is 24.0 Å². The third-order valence-corrected chi connectivity index (χ3v) is 4.92. The summed E-state index contributed by atoms with van der Waals surface area (Å²) in [6, 6.07) is -4.70. The lowest BCUT2D eigenvalue weighted by Gasteiger charge is -2.28. The minimum absolute atomic E-state index is 0.171. The Morgan fingerprint density at radius 3 is 2.17 bits per heavy atom. The molecule has 170 valence electrons. The largest absolute Gasteiger partial charge is 0.481 e. The molecule has 0 bridgehead atoms. The summed E-state index contributed by atoms with van der Waals surface area (Å²) >= 11 is 0. The van der Waals surface area contributed by atoms with E-state index in [0.29, 0.717) is 6.42 Å². The molecule has 1 aliphatic rings. The lowest BCUT2D eigenvalue weighted by atomic mass is 10.0. The van der Waals surface area contributed by atoms with Gasteiger partial charge in [0.2, 0.25) is 17.7 Å². The van der Waals surface area contributed by atoms with Crippen molar-refractivity contribution in [3.05, 3.63) is 0 Å². The van der Waals surface area contributed by atoms with Crippen LogP contribution in [0, 0.1) is 5.92 Å². The molecule has 12 nitrogen and oxygen atoms in total. The number of nitrogens with one attached hydrogen (secondary N) is 2. The van der Waals surface area contributed by atoms with E-state index in [9.17, 15) is 34.2 Å². The van der Waals surface area contributed by atoms with Crippen molar-refractivity contribution in [1.82, 2.24) is 15.5 Å². The van der Waals surface area contributed by atoms with Crippen LogP contribution in [0.1, 0.15) is 39.5 Å². The first-order valence-corrected chi connectivity index (χ1v) is 9.71. The highest BCUT2D eigenvalue weighted by Crippen LogP contribution is 2.18. The van der Waals surface area contributed by atoms with Gasteiger partial charge < -0.3 is 36.6 Å². The topological polar surface area (TPSA) is 199 Å². The summed E-state index contributed by atoms with van der Waals surface area (Å²) in [6.07, 6.45) is 0.0441. The van der Waals surface area contributed by atoms with Crippen LogP contribution in [0.2, 0.25) is 0 Å². The molecular weight excluding hydrogens is 400 g/mol. The number of rotatable bonds is 11. The second-order valence-electron chi connectivity index (χ2n) is 7.54. The third kappa shape index (κ3) is 6.95. The van der Waals surface area contributed by atoms with E-state index in [1.54, 1.807) is 13.8 Å². The molecule has 1 rings (SSSR count). The number of carboxylic acid groups (broad SMARTS) is 2. The van der Waals surface area contributed by atoms with E-state index in [0.717, 1.165) is 4.90 Å². The van der Waals surface area contributed by atoms with E-state index in [-0.39, 0.29) is 25.3 Å². The van der Waals surface area contributed by atoms with Gasteiger partial charge in [-0.25, -0.2) is 4.79 Å². The fourth-order valence-electron chi connectivity index (χ4n) is 3.05. The van der Waals surface area contributed by atoms with E-state index in [1.165, 1.54) is 0 Å². The molecule has 4 atom stereocenters. The van der Waals surface area contributed by atoms with Gasteiger partial charge in [0.25, 0.3) is 0 Å². The quantitative estimate of drug-likeness (QED) is 0.212. The number of carbonyl (C=O) groups is 5. The summed E-state index contributed by atoms with van der Waals surface area (Å²) in [5, 5.41) is 32.3. The van der Waals surface area contributed by atoms with E-state index in [1.807, 2.05) is 0 Å². The SMILES string of the molecule is CC(C)C(N)C(=O)NC(CCC(=O)O)C(=O)NC(CO)C(=O)N1CCCC1C(=O)O. The van der Waals surface area contributed by atoms with Crippen LogP contribution in [0.3, 0.4) is 0 Å². The average molecular weight is 430 g/mol. The number of hydrogen-bond donors (Lipinski definition) is 6. The molecule has 0 radical (unpaired) electrons. The van der Waals surface area contributed by atoms with Crippen molar-refractivity contribution < 1.29 is 39.3 Å². The van der Waals surface area contributed by atoms with Crippen LogP contribution in [0.15, 0.2) is 0 Å². The summed E-state index contributed by atoms with van der Waals surface area (Å²) < 4.78 is 0. The van der Waals surface area contributed by atoms with Crippen molar-refractivity contribution in [2.24, 2.45) is 11.7 Å². The van der Waals surface area contributed by atoms with Crippen LogP contribution >= 0.6 is 0 Å². The minimum atomic E-state index is -1.43. The van der Waals surface area contributed by atoms with Crippen molar-refractivity contribution in [2.75, 3.05) is 13.2 Å². The van der Waals surface area contributed by atoms with Crippen molar-refractivity contribution in [3.8, 4) is 0 Å². The molecule has 3 amide bonds. The van der Waals surface area contributed by atoms with E-state index >= 15 is 0 Å². The molecule has 0 aromatic heterocycles. The molecule has 7 N–H and O–H groups in total. The van der Waals surface area contributed by atoms with Gasteiger partial charge in [0.05, 0.1) is 12.6 Å². The van der Waals surface area contributed by atoms with Crippen LogP contribution in [0.25, 0.3) is 0 Å². The van der Waals surface area contributed by atoms with Crippen molar-refractivity contribution in [1.29, 1.82) is 0 Å². The van der Waals surface area contributed by atoms with E-state index in [4.69, 9.17) is 10.8 Å².